The number of hydrogen-bond acceptors (Lipinski definition) is 4. The maximum atomic E-state index is 10.5. The molecule has 32 heavy (non-hydrogen) atoms. The Hall–Kier alpha value is -0.160. The topological polar surface area (TPSA) is 30.0 Å². The van der Waals surface area contributed by atoms with Gasteiger partial charge in [0.15, 0.2) is 0 Å². The van der Waals surface area contributed by atoms with Crippen LogP contribution in [0.4, 0.5) is 0 Å². The summed E-state index contributed by atoms with van der Waals surface area (Å²) in [4.78, 5) is 8.78. The summed E-state index contributed by atoms with van der Waals surface area (Å²) < 4.78 is 0. The SMILES string of the molecule is CC(C)(O)CCN(C1C2CC(N3CCCCC3)C3C(N4CCCCC4)[C@@]34CC214)C(C)(C)C. The Morgan fingerprint density at radius 1 is 0.844 bits per heavy atom. The van der Waals surface area contributed by atoms with E-state index >= 15 is 0 Å². The van der Waals surface area contributed by atoms with E-state index in [1.54, 1.807) is 0 Å². The van der Waals surface area contributed by atoms with Gasteiger partial charge in [0.2, 0.25) is 0 Å². The average Bonchev–Trinajstić information content (AvgIpc) is 3.66. The lowest BCUT2D eigenvalue weighted by molar-refractivity contribution is 0.0327. The van der Waals surface area contributed by atoms with Gasteiger partial charge in [-0.3, -0.25) is 9.80 Å². The molecule has 4 aliphatic carbocycles. The Labute approximate surface area is 197 Å². The third-order valence-electron chi connectivity index (χ3n) is 10.9. The molecule has 6 rings (SSSR count). The van der Waals surface area contributed by atoms with Gasteiger partial charge in [0.05, 0.1) is 5.60 Å². The molecule has 182 valence electrons. The second kappa shape index (κ2) is 7.18. The normalized spacial score (nSPS) is 46.4. The Morgan fingerprint density at radius 2 is 1.44 bits per heavy atom. The summed E-state index contributed by atoms with van der Waals surface area (Å²) in [7, 11) is 0. The summed E-state index contributed by atoms with van der Waals surface area (Å²) >= 11 is 0. The maximum absolute atomic E-state index is 10.5. The minimum Gasteiger partial charge on any atom is -0.390 e. The smallest absolute Gasteiger partial charge is 0.0603 e. The lowest BCUT2D eigenvalue weighted by Gasteiger charge is -2.39. The first kappa shape index (κ1) is 22.3. The lowest BCUT2D eigenvalue weighted by atomic mass is 9.92. The van der Waals surface area contributed by atoms with Gasteiger partial charge in [-0.1, -0.05) is 12.8 Å². The number of likely N-dealkylation sites (tertiary alicyclic amines) is 2. The fourth-order valence-corrected chi connectivity index (χ4v) is 9.51. The summed E-state index contributed by atoms with van der Waals surface area (Å²) in [6.45, 7) is 17.7. The van der Waals surface area contributed by atoms with Crippen LogP contribution >= 0.6 is 0 Å². The summed E-state index contributed by atoms with van der Waals surface area (Å²) in [6.07, 6.45) is 12.4. The van der Waals surface area contributed by atoms with Crippen molar-refractivity contribution in [1.82, 2.24) is 14.7 Å². The van der Waals surface area contributed by atoms with Crippen LogP contribution in [0.5, 0.6) is 0 Å². The van der Waals surface area contributed by atoms with E-state index in [9.17, 15) is 5.11 Å². The van der Waals surface area contributed by atoms with Gasteiger partial charge in [-0.25, -0.2) is 0 Å². The van der Waals surface area contributed by atoms with E-state index < -0.39 is 5.60 Å². The van der Waals surface area contributed by atoms with Crippen molar-refractivity contribution in [3.8, 4) is 0 Å². The Bertz CT molecular complexity index is 708. The van der Waals surface area contributed by atoms with E-state index in [0.717, 1.165) is 42.9 Å². The summed E-state index contributed by atoms with van der Waals surface area (Å²) in [5.74, 6) is 1.86. The second-order valence-corrected chi connectivity index (χ2v) is 14.2. The molecule has 2 aliphatic heterocycles. The highest BCUT2D eigenvalue weighted by Gasteiger charge is 3.00. The third-order valence-corrected chi connectivity index (χ3v) is 10.9. The average molecular weight is 444 g/mol. The van der Waals surface area contributed by atoms with Crippen LogP contribution in [-0.2, 0) is 0 Å². The quantitative estimate of drug-likeness (QED) is 0.660. The van der Waals surface area contributed by atoms with Gasteiger partial charge in [-0.2, -0.15) is 0 Å². The zero-order chi connectivity index (χ0) is 22.5. The number of nitrogens with zero attached hydrogens (tertiary/aromatic N) is 3. The number of piperidine rings is 2. The van der Waals surface area contributed by atoms with Crippen molar-refractivity contribution in [2.24, 2.45) is 22.7 Å². The molecule has 0 aromatic carbocycles. The van der Waals surface area contributed by atoms with Crippen molar-refractivity contribution in [3.05, 3.63) is 0 Å². The highest BCUT2D eigenvalue weighted by molar-refractivity contribution is 5.51. The van der Waals surface area contributed by atoms with Gasteiger partial charge in [-0.05, 0) is 123 Å². The van der Waals surface area contributed by atoms with E-state index in [1.165, 1.54) is 77.5 Å². The molecule has 2 saturated heterocycles. The van der Waals surface area contributed by atoms with Crippen molar-refractivity contribution in [2.45, 2.75) is 122 Å². The molecular formula is C28H49N3O. The largest absolute Gasteiger partial charge is 0.390 e. The predicted octanol–water partition coefficient (Wildman–Crippen LogP) is 4.37. The molecule has 0 aromatic rings. The maximum Gasteiger partial charge on any atom is 0.0603 e. The highest BCUT2D eigenvalue weighted by atomic mass is 16.3. The number of hydrogen-bond donors (Lipinski definition) is 1. The van der Waals surface area contributed by atoms with E-state index in [2.05, 4.69) is 35.5 Å². The molecule has 0 aromatic heterocycles. The molecule has 6 fully saturated rings. The zero-order valence-electron chi connectivity index (χ0n) is 21.6. The van der Waals surface area contributed by atoms with Crippen LogP contribution in [-0.4, -0.2) is 81.8 Å². The van der Waals surface area contributed by atoms with Crippen molar-refractivity contribution in [1.29, 1.82) is 0 Å². The fourth-order valence-electron chi connectivity index (χ4n) is 9.51. The first-order valence-corrected chi connectivity index (χ1v) is 14.1. The van der Waals surface area contributed by atoms with Crippen LogP contribution in [0.3, 0.4) is 0 Å². The Morgan fingerprint density at radius 3 is 2.00 bits per heavy atom. The first-order chi connectivity index (χ1) is 15.1. The molecule has 2 heterocycles. The van der Waals surface area contributed by atoms with Crippen LogP contribution in [0.2, 0.25) is 0 Å². The van der Waals surface area contributed by atoms with E-state index in [4.69, 9.17) is 0 Å². The molecule has 4 saturated carbocycles. The van der Waals surface area contributed by atoms with Gasteiger partial charge in [0.1, 0.15) is 0 Å². The monoisotopic (exact) mass is 443 g/mol. The highest BCUT2D eigenvalue weighted by Crippen LogP contribution is 2.98. The molecule has 7 atom stereocenters. The molecule has 0 bridgehead atoms. The Balaban J connectivity index is 1.28. The predicted molar refractivity (Wildman–Crippen MR) is 131 cm³/mol. The van der Waals surface area contributed by atoms with Gasteiger partial charge in [0.25, 0.3) is 0 Å². The molecule has 1 N–H and O–H groups in total. The van der Waals surface area contributed by atoms with E-state index in [0.29, 0.717) is 10.8 Å². The van der Waals surface area contributed by atoms with Crippen LogP contribution in [0.1, 0.15) is 92.4 Å². The summed E-state index contributed by atoms with van der Waals surface area (Å²) in [5, 5.41) is 10.5. The molecule has 4 nitrogen and oxygen atoms in total. The fraction of sp³-hybridized carbons (Fsp3) is 1.00. The van der Waals surface area contributed by atoms with E-state index in [1.807, 2.05) is 13.8 Å². The molecule has 2 spiro atoms. The van der Waals surface area contributed by atoms with Crippen LogP contribution in [0.15, 0.2) is 0 Å². The minimum absolute atomic E-state index is 0.178. The molecule has 4 heteroatoms. The zero-order valence-corrected chi connectivity index (χ0v) is 21.6. The van der Waals surface area contributed by atoms with Gasteiger partial charge >= 0.3 is 0 Å². The van der Waals surface area contributed by atoms with Crippen LogP contribution in [0.25, 0.3) is 0 Å². The summed E-state index contributed by atoms with van der Waals surface area (Å²) in [5.41, 5.74) is 0.881. The lowest BCUT2D eigenvalue weighted by Crippen LogP contribution is -2.47. The van der Waals surface area contributed by atoms with Crippen molar-refractivity contribution < 1.29 is 5.11 Å². The molecule has 6 aliphatic rings. The van der Waals surface area contributed by atoms with Gasteiger partial charge in [0, 0.05) is 35.6 Å². The molecule has 0 radical (unpaired) electrons. The van der Waals surface area contributed by atoms with Gasteiger partial charge < -0.3 is 10.0 Å². The second-order valence-electron chi connectivity index (χ2n) is 14.2. The van der Waals surface area contributed by atoms with Crippen molar-refractivity contribution >= 4 is 0 Å². The molecule has 6 unspecified atom stereocenters. The molecular weight excluding hydrogens is 394 g/mol. The van der Waals surface area contributed by atoms with E-state index in [-0.39, 0.29) is 5.54 Å². The summed E-state index contributed by atoms with van der Waals surface area (Å²) in [6, 6.07) is 2.50. The van der Waals surface area contributed by atoms with Crippen molar-refractivity contribution in [3.63, 3.8) is 0 Å². The van der Waals surface area contributed by atoms with Crippen molar-refractivity contribution in [2.75, 3.05) is 32.7 Å². The van der Waals surface area contributed by atoms with Gasteiger partial charge in [-0.15, -0.1) is 0 Å². The standard InChI is InChI=1S/C28H49N3O/c1-25(2,3)31(17-12-26(4,5)32)23-20-18-21(29-13-8-6-9-14-29)22-24(28(22)19-27(20,23)28)30-15-10-7-11-16-30/h20-24,32H,6-19H2,1-5H3/t20?,21?,22?,23?,24?,27?,28-/m1/s1. The minimum atomic E-state index is -0.572. The number of rotatable bonds is 6. The van der Waals surface area contributed by atoms with Crippen LogP contribution in [0, 0.1) is 22.7 Å². The number of aliphatic hydroxyl groups is 1. The Kier molecular flexibility index (Phi) is 5.01. The third kappa shape index (κ3) is 3.14. The van der Waals surface area contributed by atoms with Crippen LogP contribution < -0.4 is 0 Å². The first-order valence-electron chi connectivity index (χ1n) is 14.1. The molecule has 0 amide bonds.